The molecule has 0 radical (unpaired) electrons. The summed E-state index contributed by atoms with van der Waals surface area (Å²) >= 11 is 1.19. The van der Waals surface area contributed by atoms with E-state index in [1.165, 1.54) is 30.4 Å². The molecule has 0 saturated carbocycles. The summed E-state index contributed by atoms with van der Waals surface area (Å²) in [6.07, 6.45) is -9.76. The van der Waals surface area contributed by atoms with Gasteiger partial charge in [-0.25, -0.2) is 0 Å². The summed E-state index contributed by atoms with van der Waals surface area (Å²) in [5, 5.41) is 125. The molecule has 94 heavy (non-hydrogen) atoms. The zero-order chi connectivity index (χ0) is 67.6. The minimum atomic E-state index is -2.54. The molecule has 0 aliphatic carbocycles. The number of hydrogen-bond acceptors (Lipinski definition) is 26. The van der Waals surface area contributed by atoms with Gasteiger partial charge in [-0.1, -0.05) is 62.1 Å². The number of β-amino-alcohol motifs (C(OH)–C–C–N with tert-alkyl or cyclic N) is 1. The van der Waals surface area contributed by atoms with Gasteiger partial charge in [-0.15, -0.1) is 14.5 Å². The van der Waals surface area contributed by atoms with Crippen molar-refractivity contribution in [1.29, 1.82) is 0 Å². The van der Waals surface area contributed by atoms with Gasteiger partial charge in [0.25, 0.3) is 18.2 Å². The van der Waals surface area contributed by atoms with Crippen LogP contribution in [0.2, 0.25) is 0 Å². The summed E-state index contributed by atoms with van der Waals surface area (Å²) in [7, 11) is 1.70. The summed E-state index contributed by atoms with van der Waals surface area (Å²) in [4.78, 5) is 115. The van der Waals surface area contributed by atoms with Crippen LogP contribution in [-0.2, 0) is 47.7 Å². The van der Waals surface area contributed by atoms with E-state index >= 15 is 0 Å². The minimum Gasteiger partial charge on any atom is -0.691 e. The maximum atomic E-state index is 14.7. The number of primary amides is 1. The Kier molecular flexibility index (Phi) is 29.6. The van der Waals surface area contributed by atoms with Gasteiger partial charge in [0.05, 0.1) is 43.5 Å². The van der Waals surface area contributed by atoms with Crippen LogP contribution in [-0.4, -0.2) is 221 Å². The summed E-state index contributed by atoms with van der Waals surface area (Å²) < 4.78 is 20.1. The number of carbonyl (C=O) groups is 8. The Morgan fingerprint density at radius 2 is 1.37 bits per heavy atom. The Labute approximate surface area is 569 Å². The molecule has 15 N–H and O–H groups in total. The van der Waals surface area contributed by atoms with Crippen LogP contribution in [0.1, 0.15) is 93.7 Å². The molecular weight excluding hydrogens is 1290 g/mol. The van der Waals surface area contributed by atoms with Gasteiger partial charge in [-0.05, 0) is 73.9 Å². The molecule has 3 fully saturated rings. The second kappa shape index (κ2) is 36.4. The number of methoxy groups -OCH3 is 1. The number of benzene rings is 3. The summed E-state index contributed by atoms with van der Waals surface area (Å²) in [6, 6.07) is 3.98. The number of fused-ring (bicyclic) bond motifs is 2. The number of nitrogens with one attached hydrogen (secondary N) is 5. The molecule has 14 atom stereocenters. The number of phenolic OH excluding ortho intramolecular Hbond substituents is 1. The van der Waals surface area contributed by atoms with E-state index in [1.807, 2.05) is 24.3 Å². The SMILES string of the molecule is COCCCCCCCCOc1ccc(-c2nnc(-c3ccc(C(=O)N[C@H]4CC(O)CNC(=O)C5C(O)C(C)CN5C(=O)C(C(O)CC(N)=O)NC(=O)C(C(O)C(O)c5ccc(O)c(OSOO[O-])c5)NC(=O)C5CC(O)CN5C(=O)C(C(C)O)NC4=O)cc3)s2)cc1.[Na+]. The number of hydrogen-bond donors (Lipinski definition) is 14. The number of nitrogens with zero attached hydrogens (tertiary/aromatic N) is 4. The van der Waals surface area contributed by atoms with E-state index in [9.17, 15) is 84.5 Å². The molecule has 3 aliphatic rings. The maximum Gasteiger partial charge on any atom is 1.00 e. The molecular formula is C59H77N10NaO22S2. The van der Waals surface area contributed by atoms with Crippen LogP contribution in [0.4, 0.5) is 0 Å². The van der Waals surface area contributed by atoms with Crippen LogP contribution in [0.15, 0.2) is 66.7 Å². The zero-order valence-corrected chi connectivity index (χ0v) is 55.4. The van der Waals surface area contributed by atoms with E-state index in [4.69, 9.17) is 19.4 Å². The predicted octanol–water partition coefficient (Wildman–Crippen LogP) is -5.57. The molecule has 13 unspecified atom stereocenters. The van der Waals surface area contributed by atoms with Gasteiger partial charge in [0, 0.05) is 68.8 Å². The van der Waals surface area contributed by atoms with E-state index in [1.54, 1.807) is 19.2 Å². The predicted molar refractivity (Wildman–Crippen MR) is 324 cm³/mol. The monoisotopic (exact) mass is 1360 g/mol. The number of nitrogens with two attached hydrogens (primary N) is 1. The van der Waals surface area contributed by atoms with Crippen molar-refractivity contribution in [2.24, 2.45) is 11.7 Å². The van der Waals surface area contributed by atoms with Gasteiger partial charge in [-0.2, -0.15) is 0 Å². The number of aromatic hydroxyl groups is 1. The molecule has 3 saturated heterocycles. The van der Waals surface area contributed by atoms with E-state index in [0.29, 0.717) is 27.9 Å². The van der Waals surface area contributed by atoms with Crippen LogP contribution >= 0.6 is 23.7 Å². The number of carbonyl (C=O) groups excluding carboxylic acids is 8. The first kappa shape index (κ1) is 76.3. The molecule has 0 spiro atoms. The van der Waals surface area contributed by atoms with Crippen molar-refractivity contribution in [2.45, 2.75) is 151 Å². The molecule has 3 aromatic carbocycles. The topological polar surface area (TPSA) is 486 Å². The van der Waals surface area contributed by atoms with E-state index < -0.39 is 183 Å². The molecule has 1 aromatic heterocycles. The van der Waals surface area contributed by atoms with Crippen LogP contribution in [0, 0.1) is 5.92 Å². The van der Waals surface area contributed by atoms with E-state index in [2.05, 4.69) is 46.2 Å². The smallest absolute Gasteiger partial charge is 0.691 e. The van der Waals surface area contributed by atoms with Crippen molar-refractivity contribution >= 4 is 70.9 Å². The molecule has 4 heterocycles. The second-order valence-corrected chi connectivity index (χ2v) is 24.2. The molecule has 3 aliphatic heterocycles. The maximum absolute atomic E-state index is 14.7. The average Bonchev–Trinajstić information content (AvgIpc) is 1.60. The molecule has 4 aromatic rings. The van der Waals surface area contributed by atoms with Crippen molar-refractivity contribution in [3.8, 4) is 38.4 Å². The van der Waals surface area contributed by atoms with Crippen LogP contribution < -0.4 is 76.1 Å². The van der Waals surface area contributed by atoms with Crippen molar-refractivity contribution in [3.05, 3.63) is 77.9 Å². The number of aliphatic hydroxyl groups is 7. The van der Waals surface area contributed by atoms with Gasteiger partial charge in [0.15, 0.2) is 11.5 Å². The number of amides is 8. The van der Waals surface area contributed by atoms with Crippen molar-refractivity contribution < 1.29 is 137 Å². The number of rotatable bonds is 25. The largest absolute Gasteiger partial charge is 1.00 e. The molecule has 32 nitrogen and oxygen atoms in total. The standard InChI is InChI=1S/C59H78N10O22S2.Na/c1-29-27-69-47(48(29)76)55(83)61-26-35(71)23-38(62-51(79)31-10-12-32(13-11-31)56-66-67-57(92-56)33-14-17-37(18-15-33)88-21-9-7-5-4-6-8-20-87-3)52(80)63-44(30(2)70)58(84)68-28-36(72)24-39(68)53(81)65-46(54(82)64-45(59(69)85)41(74)25-43(60)75)50(78)49(77)34-16-19-40(73)42(22-34)89-93-91-90-86;/h10-19,22,29-30,35-36,38-39,41,44-50,70-74,76-78,86H,4-9,20-21,23-28H2,1-3H3,(H2,60,75)(H,61,83)(H,62,79)(H,63,80)(H,64,82)(H,65,81);/q;+1/p-1/t29?,30?,35?,36?,38-,39?,41?,44?,45?,46?,47?,48?,49?,50?;/m0./s1. The average molecular weight is 1370 g/mol. The first-order valence-electron chi connectivity index (χ1n) is 29.8. The van der Waals surface area contributed by atoms with E-state index in [0.717, 1.165) is 85.6 Å². The molecule has 35 heteroatoms. The fourth-order valence-electron chi connectivity index (χ4n) is 10.8. The Morgan fingerprint density at radius 1 is 0.766 bits per heavy atom. The number of aliphatic hydroxyl groups excluding tert-OH is 7. The quantitative estimate of drug-likeness (QED) is 0.00967. The third-order valence-corrected chi connectivity index (χ3v) is 17.3. The number of ether oxygens (including phenoxy) is 2. The van der Waals surface area contributed by atoms with Gasteiger partial charge in [-0.3, -0.25) is 43.4 Å². The molecule has 8 amide bonds. The molecule has 508 valence electrons. The van der Waals surface area contributed by atoms with Crippen molar-refractivity contribution in [2.75, 3.05) is 40.0 Å². The number of unbranched alkanes of at least 4 members (excludes halogenated alkanes) is 5. The Balaban J connectivity index is 0.0000140. The van der Waals surface area contributed by atoms with Crippen LogP contribution in [0.5, 0.6) is 17.2 Å². The van der Waals surface area contributed by atoms with Gasteiger partial charge in [0.1, 0.15) is 64.2 Å². The van der Waals surface area contributed by atoms with Crippen LogP contribution in [0.25, 0.3) is 21.1 Å². The van der Waals surface area contributed by atoms with Gasteiger partial charge >= 0.3 is 29.6 Å². The van der Waals surface area contributed by atoms with Crippen molar-refractivity contribution in [1.82, 2.24) is 46.6 Å². The molecule has 0 bridgehead atoms. The summed E-state index contributed by atoms with van der Waals surface area (Å²) in [5.74, 6) is -11.3. The summed E-state index contributed by atoms with van der Waals surface area (Å²) in [5.41, 5.74) is 6.36. The Hall–Kier alpha value is -6.71. The van der Waals surface area contributed by atoms with Crippen molar-refractivity contribution in [3.63, 3.8) is 0 Å². The van der Waals surface area contributed by atoms with Crippen LogP contribution in [0.3, 0.4) is 0 Å². The fourth-order valence-corrected chi connectivity index (χ4v) is 11.9. The third-order valence-electron chi connectivity index (χ3n) is 15.9. The van der Waals surface area contributed by atoms with Gasteiger partial charge in [0.2, 0.25) is 41.4 Å². The van der Waals surface area contributed by atoms with Gasteiger partial charge < -0.3 is 102 Å². The Morgan fingerprint density at radius 3 is 2.00 bits per heavy atom. The first-order chi connectivity index (χ1) is 44.4. The minimum absolute atomic E-state index is 0. The van der Waals surface area contributed by atoms with E-state index in [-0.39, 0.29) is 53.0 Å². The Bertz CT molecular complexity index is 3210. The number of phenols is 1. The second-order valence-electron chi connectivity index (χ2n) is 22.8. The first-order valence-corrected chi connectivity index (χ1v) is 31.3. The summed E-state index contributed by atoms with van der Waals surface area (Å²) in [6.45, 7) is 2.02. The normalized spacial score (nSPS) is 24.6. The third kappa shape index (κ3) is 20.4. The fraction of sp³-hybridized carbons (Fsp3) is 0.525. The zero-order valence-electron chi connectivity index (χ0n) is 51.8. The molecule has 7 rings (SSSR count). The number of aromatic nitrogens is 2.